The van der Waals surface area contributed by atoms with Gasteiger partial charge in [0.1, 0.15) is 11.6 Å². The molecule has 0 atom stereocenters. The third-order valence-electron chi connectivity index (χ3n) is 3.52. The van der Waals surface area contributed by atoms with Crippen LogP contribution >= 0.6 is 0 Å². The molecule has 2 amide bonds. The van der Waals surface area contributed by atoms with Crippen LogP contribution in [0, 0.1) is 6.92 Å². The van der Waals surface area contributed by atoms with E-state index in [1.807, 2.05) is 27.1 Å². The third kappa shape index (κ3) is 6.56. The smallest absolute Gasteiger partial charge is 0.326 e. The summed E-state index contributed by atoms with van der Waals surface area (Å²) in [4.78, 5) is 22.8. The first-order chi connectivity index (χ1) is 12.5. The van der Waals surface area contributed by atoms with Crippen LogP contribution in [0.1, 0.15) is 12.1 Å². The maximum atomic E-state index is 12.1. The minimum Gasteiger partial charge on any atom is -0.497 e. The Labute approximate surface area is 154 Å². The largest absolute Gasteiger partial charge is 0.497 e. The lowest BCUT2D eigenvalue weighted by molar-refractivity contribution is 0.262. The fraction of sp³-hybridized carbons (Fsp3) is 0.389. The van der Waals surface area contributed by atoms with Crippen molar-refractivity contribution in [2.24, 2.45) is 0 Å². The standard InChI is InChI=1S/C18H26N6O2/c1-13-12-16(19-10-5-11-24(2)3)22-17(20-13)23-18(25)21-14-6-8-15(26-4)9-7-14/h6-9,12H,5,10-11H2,1-4H3,(H3,19,20,21,22,23,25). The molecule has 2 aromatic rings. The van der Waals surface area contributed by atoms with Gasteiger partial charge in [-0.15, -0.1) is 0 Å². The van der Waals surface area contributed by atoms with Crippen LogP contribution in [0.4, 0.5) is 22.2 Å². The zero-order chi connectivity index (χ0) is 18.9. The molecular formula is C18H26N6O2. The van der Waals surface area contributed by atoms with Crippen LogP contribution in [-0.2, 0) is 0 Å². The molecule has 1 heterocycles. The summed E-state index contributed by atoms with van der Waals surface area (Å²) in [6.45, 7) is 3.65. The average Bonchev–Trinajstić information content (AvgIpc) is 2.58. The Morgan fingerprint density at radius 1 is 1.15 bits per heavy atom. The van der Waals surface area contributed by atoms with Gasteiger partial charge in [0.2, 0.25) is 5.95 Å². The van der Waals surface area contributed by atoms with Gasteiger partial charge >= 0.3 is 6.03 Å². The number of carbonyl (C=O) groups excluding carboxylic acids is 1. The third-order valence-corrected chi connectivity index (χ3v) is 3.52. The van der Waals surface area contributed by atoms with Crippen LogP contribution in [0.2, 0.25) is 0 Å². The number of rotatable bonds is 8. The highest BCUT2D eigenvalue weighted by atomic mass is 16.5. The van der Waals surface area contributed by atoms with Crippen LogP contribution < -0.4 is 20.7 Å². The summed E-state index contributed by atoms with van der Waals surface area (Å²) >= 11 is 0. The summed E-state index contributed by atoms with van der Waals surface area (Å²) in [7, 11) is 5.67. The Hall–Kier alpha value is -2.87. The van der Waals surface area contributed by atoms with Crippen LogP contribution in [0.15, 0.2) is 30.3 Å². The van der Waals surface area contributed by atoms with Gasteiger partial charge in [0.05, 0.1) is 7.11 Å². The number of carbonyl (C=O) groups is 1. The zero-order valence-electron chi connectivity index (χ0n) is 15.7. The molecule has 8 heteroatoms. The number of urea groups is 1. The molecule has 2 rings (SSSR count). The lowest BCUT2D eigenvalue weighted by atomic mass is 10.3. The number of ether oxygens (including phenoxy) is 1. The molecule has 0 spiro atoms. The van der Waals surface area contributed by atoms with Gasteiger partial charge in [0.25, 0.3) is 0 Å². The Morgan fingerprint density at radius 2 is 1.88 bits per heavy atom. The first kappa shape index (κ1) is 19.5. The van der Waals surface area contributed by atoms with E-state index in [0.29, 0.717) is 11.5 Å². The molecule has 1 aromatic carbocycles. The van der Waals surface area contributed by atoms with Crippen molar-refractivity contribution in [1.29, 1.82) is 0 Å². The van der Waals surface area contributed by atoms with Gasteiger partial charge in [0, 0.05) is 24.0 Å². The van der Waals surface area contributed by atoms with Gasteiger partial charge < -0.3 is 20.3 Å². The summed E-state index contributed by atoms with van der Waals surface area (Å²) in [6, 6.07) is 8.51. The molecule has 8 nitrogen and oxygen atoms in total. The predicted molar refractivity (Wildman–Crippen MR) is 104 cm³/mol. The van der Waals surface area contributed by atoms with Crippen LogP contribution in [0.25, 0.3) is 0 Å². The highest BCUT2D eigenvalue weighted by molar-refractivity contribution is 5.98. The second-order valence-electron chi connectivity index (χ2n) is 6.11. The number of benzene rings is 1. The Bertz CT molecular complexity index is 718. The van der Waals surface area contributed by atoms with Crippen molar-refractivity contribution in [2.45, 2.75) is 13.3 Å². The lowest BCUT2D eigenvalue weighted by Crippen LogP contribution is -2.21. The second-order valence-corrected chi connectivity index (χ2v) is 6.11. The molecular weight excluding hydrogens is 332 g/mol. The van der Waals surface area contributed by atoms with Crippen molar-refractivity contribution in [3.8, 4) is 5.75 Å². The van der Waals surface area contributed by atoms with Crippen molar-refractivity contribution < 1.29 is 9.53 Å². The van der Waals surface area contributed by atoms with Gasteiger partial charge in [0.15, 0.2) is 0 Å². The molecule has 0 saturated carbocycles. The number of anilines is 3. The van der Waals surface area contributed by atoms with Crippen molar-refractivity contribution in [3.63, 3.8) is 0 Å². The van der Waals surface area contributed by atoms with Crippen molar-refractivity contribution in [3.05, 3.63) is 36.0 Å². The number of aromatic nitrogens is 2. The average molecular weight is 358 g/mol. The Morgan fingerprint density at radius 3 is 2.54 bits per heavy atom. The molecule has 140 valence electrons. The highest BCUT2D eigenvalue weighted by Gasteiger charge is 2.07. The molecule has 3 N–H and O–H groups in total. The molecule has 0 aliphatic heterocycles. The van der Waals surface area contributed by atoms with E-state index >= 15 is 0 Å². The fourth-order valence-electron chi connectivity index (χ4n) is 2.26. The lowest BCUT2D eigenvalue weighted by Gasteiger charge is -2.12. The monoisotopic (exact) mass is 358 g/mol. The topological polar surface area (TPSA) is 91.4 Å². The van der Waals surface area contributed by atoms with Crippen molar-refractivity contribution >= 4 is 23.5 Å². The molecule has 1 aromatic heterocycles. The van der Waals surface area contributed by atoms with Gasteiger partial charge in [-0.05, 0) is 58.3 Å². The highest BCUT2D eigenvalue weighted by Crippen LogP contribution is 2.15. The normalized spacial score (nSPS) is 10.5. The van der Waals surface area contributed by atoms with E-state index in [-0.39, 0.29) is 5.95 Å². The fourth-order valence-corrected chi connectivity index (χ4v) is 2.26. The number of amides is 2. The summed E-state index contributed by atoms with van der Waals surface area (Å²) in [5, 5.41) is 8.64. The predicted octanol–water partition coefficient (Wildman–Crippen LogP) is 2.80. The van der Waals surface area contributed by atoms with Gasteiger partial charge in [-0.1, -0.05) is 0 Å². The maximum Gasteiger partial charge on any atom is 0.326 e. The summed E-state index contributed by atoms with van der Waals surface area (Å²) in [5.74, 6) is 1.67. The number of nitrogens with zero attached hydrogens (tertiary/aromatic N) is 3. The van der Waals surface area contributed by atoms with Crippen molar-refractivity contribution in [2.75, 3.05) is 50.2 Å². The number of hydrogen-bond donors (Lipinski definition) is 3. The van der Waals surface area contributed by atoms with E-state index in [1.54, 1.807) is 31.4 Å². The summed E-state index contributed by atoms with van der Waals surface area (Å²) in [6.07, 6.45) is 0.997. The van der Waals surface area contributed by atoms with E-state index in [0.717, 1.165) is 31.0 Å². The van der Waals surface area contributed by atoms with E-state index < -0.39 is 6.03 Å². The minimum atomic E-state index is -0.403. The molecule has 26 heavy (non-hydrogen) atoms. The first-order valence-electron chi connectivity index (χ1n) is 8.42. The molecule has 0 aliphatic carbocycles. The summed E-state index contributed by atoms with van der Waals surface area (Å²) < 4.78 is 5.09. The molecule has 0 saturated heterocycles. The SMILES string of the molecule is COc1ccc(NC(=O)Nc2nc(C)cc(NCCCN(C)C)n2)cc1. The van der Waals surface area contributed by atoms with Gasteiger partial charge in [-0.2, -0.15) is 4.98 Å². The number of hydrogen-bond acceptors (Lipinski definition) is 6. The quantitative estimate of drug-likeness (QED) is 0.629. The number of aryl methyl sites for hydroxylation is 1. The van der Waals surface area contributed by atoms with E-state index in [2.05, 4.69) is 30.8 Å². The van der Waals surface area contributed by atoms with Gasteiger partial charge in [-0.25, -0.2) is 9.78 Å². The molecule has 0 bridgehead atoms. The molecule has 0 aliphatic rings. The molecule has 0 fully saturated rings. The first-order valence-corrected chi connectivity index (χ1v) is 8.42. The molecule has 0 radical (unpaired) electrons. The Kier molecular flexibility index (Phi) is 7.16. The maximum absolute atomic E-state index is 12.1. The van der Waals surface area contributed by atoms with Crippen LogP contribution in [0.5, 0.6) is 5.75 Å². The second kappa shape index (κ2) is 9.57. The van der Waals surface area contributed by atoms with E-state index in [9.17, 15) is 4.79 Å². The van der Waals surface area contributed by atoms with Crippen molar-refractivity contribution in [1.82, 2.24) is 14.9 Å². The van der Waals surface area contributed by atoms with Crippen LogP contribution in [0.3, 0.4) is 0 Å². The zero-order valence-corrected chi connectivity index (χ0v) is 15.7. The number of nitrogens with one attached hydrogen (secondary N) is 3. The molecule has 0 unspecified atom stereocenters. The van der Waals surface area contributed by atoms with Gasteiger partial charge in [-0.3, -0.25) is 5.32 Å². The number of methoxy groups -OCH3 is 1. The van der Waals surface area contributed by atoms with E-state index in [4.69, 9.17) is 4.74 Å². The van der Waals surface area contributed by atoms with E-state index in [1.165, 1.54) is 0 Å². The summed E-state index contributed by atoms with van der Waals surface area (Å²) in [5.41, 5.74) is 1.42. The Balaban J connectivity index is 1.91. The minimum absolute atomic E-state index is 0.256. The van der Waals surface area contributed by atoms with Crippen LogP contribution in [-0.4, -0.2) is 55.2 Å².